The van der Waals surface area contributed by atoms with Crippen LogP contribution >= 0.6 is 11.8 Å². The highest BCUT2D eigenvalue weighted by molar-refractivity contribution is 8.18. The Morgan fingerprint density at radius 3 is 2.45 bits per heavy atom. The van der Waals surface area contributed by atoms with Gasteiger partial charge < -0.3 is 9.64 Å². The van der Waals surface area contributed by atoms with Crippen molar-refractivity contribution in [2.45, 2.75) is 31.0 Å². The molecule has 1 aromatic heterocycles. The molecule has 1 fully saturated rings. The van der Waals surface area contributed by atoms with E-state index in [1.54, 1.807) is 29.0 Å². The first-order valence-corrected chi connectivity index (χ1v) is 14.5. The van der Waals surface area contributed by atoms with E-state index >= 15 is 0 Å². The molecule has 3 heterocycles. The Morgan fingerprint density at radius 2 is 1.76 bits per heavy atom. The first-order valence-electron chi connectivity index (χ1n) is 12.2. The Bertz CT molecular complexity index is 1520. The molecule has 2 atom stereocenters. The van der Waals surface area contributed by atoms with Gasteiger partial charge in [-0.05, 0) is 56.0 Å². The van der Waals surface area contributed by atoms with Crippen LogP contribution in [-0.2, 0) is 19.6 Å². The predicted molar refractivity (Wildman–Crippen MR) is 149 cm³/mol. The maximum absolute atomic E-state index is 12.9. The number of ether oxygens (including phenoxy) is 1. The summed E-state index contributed by atoms with van der Waals surface area (Å²) in [7, 11) is -0.638. The van der Waals surface area contributed by atoms with Crippen molar-refractivity contribution < 1.29 is 17.9 Å². The van der Waals surface area contributed by atoms with Crippen LogP contribution < -0.4 is 0 Å². The van der Waals surface area contributed by atoms with E-state index in [1.165, 1.54) is 30.2 Å². The second-order valence-corrected chi connectivity index (χ2v) is 12.7. The molecule has 2 aliphatic rings. The van der Waals surface area contributed by atoms with Crippen molar-refractivity contribution in [2.75, 3.05) is 27.2 Å². The Morgan fingerprint density at radius 1 is 1.05 bits per heavy atom. The summed E-state index contributed by atoms with van der Waals surface area (Å²) in [5.41, 5.74) is 2.72. The molecule has 38 heavy (non-hydrogen) atoms. The number of para-hydroxylation sites is 1. The van der Waals surface area contributed by atoms with Crippen molar-refractivity contribution in [3.05, 3.63) is 71.3 Å². The lowest BCUT2D eigenvalue weighted by atomic mass is 10.1. The minimum atomic E-state index is -3.63. The first kappa shape index (κ1) is 26.4. The van der Waals surface area contributed by atoms with Crippen LogP contribution in [0.1, 0.15) is 19.4 Å². The van der Waals surface area contributed by atoms with Crippen LogP contribution in [0.5, 0.6) is 0 Å². The van der Waals surface area contributed by atoms with Crippen LogP contribution in [0, 0.1) is 0 Å². The molecule has 9 nitrogen and oxygen atoms in total. The molecule has 2 aromatic carbocycles. The molecule has 0 N–H and O–H groups in total. The first-order chi connectivity index (χ1) is 18.1. The summed E-state index contributed by atoms with van der Waals surface area (Å²) in [6.07, 6.45) is 3.72. The number of thioether (sulfide) groups is 1. The van der Waals surface area contributed by atoms with Crippen molar-refractivity contribution >= 4 is 38.9 Å². The number of nitrogens with zero attached hydrogens (tertiary/aromatic N) is 5. The molecule has 3 aromatic rings. The summed E-state index contributed by atoms with van der Waals surface area (Å²) in [5, 5.41) is 5.46. The molecule has 0 spiro atoms. The summed E-state index contributed by atoms with van der Waals surface area (Å²) >= 11 is 1.34. The second kappa shape index (κ2) is 10.5. The van der Waals surface area contributed by atoms with Gasteiger partial charge in [0.05, 0.1) is 27.7 Å². The zero-order valence-electron chi connectivity index (χ0n) is 21.6. The van der Waals surface area contributed by atoms with Gasteiger partial charge in [-0.1, -0.05) is 30.3 Å². The molecule has 0 aliphatic carbocycles. The Hall–Kier alpha value is -3.25. The number of amidine groups is 1. The third-order valence-electron chi connectivity index (χ3n) is 6.24. The fraction of sp³-hybridized carbons (Fsp3) is 0.296. The second-order valence-electron chi connectivity index (χ2n) is 9.50. The number of aromatic nitrogens is 2. The van der Waals surface area contributed by atoms with Gasteiger partial charge in [0, 0.05) is 44.5 Å². The molecular formula is C27H29N5O4S2. The molecular weight excluding hydrogens is 522 g/mol. The fourth-order valence-electron chi connectivity index (χ4n) is 4.45. The Kier molecular flexibility index (Phi) is 7.28. The number of sulfonamides is 1. The highest BCUT2D eigenvalue weighted by Crippen LogP contribution is 2.34. The molecule has 1 amide bonds. The van der Waals surface area contributed by atoms with Gasteiger partial charge in [-0.2, -0.15) is 10.1 Å². The number of morpholine rings is 1. The van der Waals surface area contributed by atoms with E-state index in [4.69, 9.17) is 9.84 Å². The average Bonchev–Trinajstić information content (AvgIpc) is 3.48. The summed E-state index contributed by atoms with van der Waals surface area (Å²) in [6, 6.07) is 16.3. The maximum atomic E-state index is 12.9. The molecule has 0 unspecified atom stereocenters. The van der Waals surface area contributed by atoms with E-state index in [-0.39, 0.29) is 23.0 Å². The van der Waals surface area contributed by atoms with Crippen LogP contribution in [0.25, 0.3) is 23.0 Å². The highest BCUT2D eigenvalue weighted by atomic mass is 32.2. The molecule has 0 bridgehead atoms. The number of hydrogen-bond acceptors (Lipinski definition) is 7. The van der Waals surface area contributed by atoms with Crippen molar-refractivity contribution in [2.24, 2.45) is 4.99 Å². The monoisotopic (exact) mass is 551 g/mol. The van der Waals surface area contributed by atoms with Gasteiger partial charge in [0.1, 0.15) is 5.69 Å². The van der Waals surface area contributed by atoms with Crippen LogP contribution in [0.4, 0.5) is 0 Å². The maximum Gasteiger partial charge on any atom is 0.286 e. The topological polar surface area (TPSA) is 97.1 Å². The molecule has 2 aliphatic heterocycles. The van der Waals surface area contributed by atoms with Gasteiger partial charge in [0.15, 0.2) is 5.17 Å². The zero-order chi connectivity index (χ0) is 27.0. The summed E-state index contributed by atoms with van der Waals surface area (Å²) < 4.78 is 34.3. The number of benzene rings is 2. The Labute approximate surface area is 226 Å². The smallest absolute Gasteiger partial charge is 0.286 e. The third-order valence-corrected chi connectivity index (χ3v) is 9.09. The van der Waals surface area contributed by atoms with Crippen molar-refractivity contribution in [1.82, 2.24) is 19.0 Å². The van der Waals surface area contributed by atoms with Gasteiger partial charge in [-0.3, -0.25) is 4.79 Å². The molecule has 1 saturated heterocycles. The van der Waals surface area contributed by atoms with E-state index in [1.807, 2.05) is 56.4 Å². The standard InChI is InChI=1S/C27H29N5O4S2/c1-18-15-31(16-19(2)36-18)27-28-26(33)24(37-27)14-21-17-32(22-10-6-5-7-11-22)29-25(21)20-9-8-12-23(13-20)38(34,35)30(3)4/h5-14,17-19H,15-16H2,1-4H3/b24-14-/t18-,19-/m1/s1. The molecule has 0 radical (unpaired) electrons. The minimum absolute atomic E-state index is 0.0478. The van der Waals surface area contributed by atoms with Crippen molar-refractivity contribution in [1.29, 1.82) is 0 Å². The van der Waals surface area contributed by atoms with Crippen LogP contribution in [0.15, 0.2) is 75.6 Å². The van der Waals surface area contributed by atoms with E-state index < -0.39 is 10.0 Å². The van der Waals surface area contributed by atoms with Crippen LogP contribution in [-0.4, -0.2) is 77.9 Å². The molecule has 0 saturated carbocycles. The minimum Gasteiger partial charge on any atom is -0.372 e. The van der Waals surface area contributed by atoms with E-state index in [2.05, 4.69) is 9.89 Å². The molecule has 11 heteroatoms. The lowest BCUT2D eigenvalue weighted by Crippen LogP contribution is -2.47. The van der Waals surface area contributed by atoms with Crippen LogP contribution in [0.3, 0.4) is 0 Å². The number of aliphatic imine (C=N–C) groups is 1. The van der Waals surface area contributed by atoms with E-state index in [0.717, 1.165) is 5.69 Å². The number of hydrogen-bond donors (Lipinski definition) is 0. The summed E-state index contributed by atoms with van der Waals surface area (Å²) in [4.78, 5) is 20.0. The number of carbonyl (C=O) groups is 1. The van der Waals surface area contributed by atoms with Gasteiger partial charge in [-0.25, -0.2) is 17.4 Å². The van der Waals surface area contributed by atoms with Gasteiger partial charge >= 0.3 is 0 Å². The van der Waals surface area contributed by atoms with Crippen LogP contribution in [0.2, 0.25) is 0 Å². The molecule has 198 valence electrons. The van der Waals surface area contributed by atoms with Crippen molar-refractivity contribution in [3.8, 4) is 16.9 Å². The largest absolute Gasteiger partial charge is 0.372 e. The van der Waals surface area contributed by atoms with Crippen molar-refractivity contribution in [3.63, 3.8) is 0 Å². The predicted octanol–water partition coefficient (Wildman–Crippen LogP) is 3.87. The van der Waals surface area contributed by atoms with Gasteiger partial charge in [0.2, 0.25) is 10.0 Å². The van der Waals surface area contributed by atoms with Gasteiger partial charge in [0.25, 0.3) is 5.91 Å². The fourth-order valence-corrected chi connectivity index (χ4v) is 6.32. The van der Waals surface area contributed by atoms with Gasteiger partial charge in [-0.15, -0.1) is 0 Å². The van der Waals surface area contributed by atoms with E-state index in [9.17, 15) is 13.2 Å². The highest BCUT2D eigenvalue weighted by Gasteiger charge is 2.31. The quantitative estimate of drug-likeness (QED) is 0.444. The zero-order valence-corrected chi connectivity index (χ0v) is 23.2. The Balaban J connectivity index is 1.54. The SMILES string of the molecule is C[C@@H]1CN(C2=NC(=O)/C(=C/c3cn(-c4ccccc4)nc3-c3cccc(S(=O)(=O)N(C)C)c3)S2)C[C@@H](C)O1. The summed E-state index contributed by atoms with van der Waals surface area (Å²) in [5.74, 6) is -0.306. The molecule has 5 rings (SSSR count). The lowest BCUT2D eigenvalue weighted by molar-refractivity contribution is -0.113. The third kappa shape index (κ3) is 5.32. The summed E-state index contributed by atoms with van der Waals surface area (Å²) in [6.45, 7) is 5.36. The number of carbonyl (C=O) groups excluding carboxylic acids is 1. The number of amides is 1. The van der Waals surface area contributed by atoms with E-state index in [0.29, 0.717) is 40.0 Å². The number of rotatable bonds is 5. The lowest BCUT2D eigenvalue weighted by Gasteiger charge is -2.35. The normalized spacial score (nSPS) is 21.4. The average molecular weight is 552 g/mol.